The van der Waals surface area contributed by atoms with Crippen molar-refractivity contribution < 1.29 is 24.1 Å². The zero-order valence-corrected chi connectivity index (χ0v) is 9.52. The van der Waals surface area contributed by atoms with E-state index in [-0.39, 0.29) is 6.61 Å². The molecular weight excluding hydrogens is 260 g/mol. The second-order valence-electron chi connectivity index (χ2n) is 4.18. The Morgan fingerprint density at radius 3 is 2.68 bits per heavy atom. The van der Waals surface area contributed by atoms with Crippen LogP contribution in [-0.4, -0.2) is 45.7 Å². The number of ether oxygens (including phenoxy) is 3. The van der Waals surface area contributed by atoms with Crippen molar-refractivity contribution in [3.63, 3.8) is 0 Å². The highest BCUT2D eigenvalue weighted by Gasteiger charge is 2.54. The van der Waals surface area contributed by atoms with E-state index in [9.17, 15) is 14.4 Å². The van der Waals surface area contributed by atoms with Crippen LogP contribution in [0.15, 0.2) is 21.9 Å². The smallest absolute Gasteiger partial charge is 0.424 e. The fourth-order valence-electron chi connectivity index (χ4n) is 2.22. The molecule has 19 heavy (non-hydrogen) atoms. The highest BCUT2D eigenvalue weighted by Crippen LogP contribution is 2.36. The third kappa shape index (κ3) is 1.83. The highest BCUT2D eigenvalue weighted by atomic mass is 16.8. The number of aliphatic hydroxyl groups excluding tert-OH is 1. The van der Waals surface area contributed by atoms with Crippen molar-refractivity contribution in [3.8, 4) is 0 Å². The van der Waals surface area contributed by atoms with Crippen molar-refractivity contribution in [2.24, 2.45) is 0 Å². The van der Waals surface area contributed by atoms with E-state index in [2.05, 4.69) is 4.98 Å². The molecule has 0 saturated carbocycles. The van der Waals surface area contributed by atoms with Crippen molar-refractivity contribution in [1.82, 2.24) is 9.55 Å². The predicted octanol–water partition coefficient (Wildman–Crippen LogP) is -1.67. The topological polar surface area (TPSA) is 120 Å². The Hall–Kier alpha value is -2.13. The van der Waals surface area contributed by atoms with Gasteiger partial charge >= 0.3 is 11.8 Å². The standard InChI is InChI=1S/C10H10N2O7/c13-3-4-6-7(19-10(16)18-6)8(17-4)12-2-1-5(14)11-9(12)15/h1-2,4,6-8,13H,3H2,(H,11,14,15)/t4-,6?,7?,8-/m1/s1. The number of fused-ring (bicyclic) bond motifs is 1. The lowest BCUT2D eigenvalue weighted by Crippen LogP contribution is -2.36. The van der Waals surface area contributed by atoms with Crippen LogP contribution in [0.3, 0.4) is 0 Å². The largest absolute Gasteiger partial charge is 0.509 e. The monoisotopic (exact) mass is 270 g/mol. The molecule has 0 radical (unpaired) electrons. The number of aromatic amines is 1. The molecule has 2 saturated heterocycles. The molecule has 2 unspecified atom stereocenters. The Balaban J connectivity index is 1.99. The van der Waals surface area contributed by atoms with Crippen molar-refractivity contribution in [2.75, 3.05) is 6.61 Å². The molecule has 102 valence electrons. The Morgan fingerprint density at radius 1 is 1.26 bits per heavy atom. The van der Waals surface area contributed by atoms with E-state index in [1.165, 1.54) is 6.20 Å². The van der Waals surface area contributed by atoms with Gasteiger partial charge in [0, 0.05) is 12.3 Å². The molecule has 1 aromatic heterocycles. The summed E-state index contributed by atoms with van der Waals surface area (Å²) in [5, 5.41) is 9.16. The summed E-state index contributed by atoms with van der Waals surface area (Å²) >= 11 is 0. The summed E-state index contributed by atoms with van der Waals surface area (Å²) in [6.45, 7) is -0.383. The number of carbonyl (C=O) groups excluding carboxylic acids is 1. The minimum atomic E-state index is -0.946. The lowest BCUT2D eigenvalue weighted by molar-refractivity contribution is -0.0736. The number of H-pyrrole nitrogens is 1. The second-order valence-corrected chi connectivity index (χ2v) is 4.18. The summed E-state index contributed by atoms with van der Waals surface area (Å²) in [6, 6.07) is 1.14. The average molecular weight is 270 g/mol. The molecule has 0 bridgehead atoms. The molecule has 0 spiro atoms. The van der Waals surface area contributed by atoms with Gasteiger partial charge in [-0.1, -0.05) is 0 Å². The van der Waals surface area contributed by atoms with Gasteiger partial charge in [-0.2, -0.15) is 0 Å². The summed E-state index contributed by atoms with van der Waals surface area (Å²) in [4.78, 5) is 35.8. The minimum Gasteiger partial charge on any atom is -0.424 e. The molecule has 1 aromatic rings. The number of carbonyl (C=O) groups is 1. The SMILES string of the molecule is O=C1OC2C(O1)[C@@H](CO)O[C@H]2n1ccc(=O)[nH]c1=O. The lowest BCUT2D eigenvalue weighted by atomic mass is 10.1. The van der Waals surface area contributed by atoms with Crippen LogP contribution in [-0.2, 0) is 14.2 Å². The van der Waals surface area contributed by atoms with Gasteiger partial charge in [0.05, 0.1) is 6.61 Å². The van der Waals surface area contributed by atoms with Gasteiger partial charge in [-0.3, -0.25) is 14.3 Å². The van der Waals surface area contributed by atoms with Gasteiger partial charge in [-0.25, -0.2) is 9.59 Å². The van der Waals surface area contributed by atoms with Gasteiger partial charge in [0.1, 0.15) is 6.10 Å². The average Bonchev–Trinajstić information content (AvgIpc) is 2.87. The molecule has 2 N–H and O–H groups in total. The molecule has 9 nitrogen and oxygen atoms in total. The molecule has 3 rings (SSSR count). The van der Waals surface area contributed by atoms with Gasteiger partial charge in [0.15, 0.2) is 18.4 Å². The number of hydrogen-bond acceptors (Lipinski definition) is 7. The molecule has 0 amide bonds. The number of rotatable bonds is 2. The van der Waals surface area contributed by atoms with Gasteiger partial charge < -0.3 is 19.3 Å². The number of aliphatic hydroxyl groups is 1. The van der Waals surface area contributed by atoms with Crippen LogP contribution in [0.5, 0.6) is 0 Å². The van der Waals surface area contributed by atoms with Crippen molar-refractivity contribution in [1.29, 1.82) is 0 Å². The first-order valence-electron chi connectivity index (χ1n) is 5.55. The first-order chi connectivity index (χ1) is 9.10. The molecule has 2 aliphatic heterocycles. The lowest BCUT2D eigenvalue weighted by Gasteiger charge is -2.17. The van der Waals surface area contributed by atoms with Crippen molar-refractivity contribution in [3.05, 3.63) is 33.1 Å². The summed E-state index contributed by atoms with van der Waals surface area (Å²) in [6.07, 6.45) is -2.98. The number of nitrogens with zero attached hydrogens (tertiary/aromatic N) is 1. The second kappa shape index (κ2) is 4.21. The third-order valence-corrected chi connectivity index (χ3v) is 3.06. The van der Waals surface area contributed by atoms with E-state index >= 15 is 0 Å². The van der Waals surface area contributed by atoms with Gasteiger partial charge in [-0.05, 0) is 0 Å². The summed E-state index contributed by atoms with van der Waals surface area (Å²) in [5.74, 6) is 0. The molecule has 0 aromatic carbocycles. The van der Waals surface area contributed by atoms with Crippen LogP contribution >= 0.6 is 0 Å². The number of nitrogens with one attached hydrogen (secondary N) is 1. The number of hydrogen-bond donors (Lipinski definition) is 2. The molecule has 3 heterocycles. The number of aromatic nitrogens is 2. The van der Waals surface area contributed by atoms with Crippen LogP contribution in [0.4, 0.5) is 4.79 Å². The van der Waals surface area contributed by atoms with E-state index in [4.69, 9.17) is 19.3 Å². The fourth-order valence-corrected chi connectivity index (χ4v) is 2.22. The zero-order valence-electron chi connectivity index (χ0n) is 9.52. The van der Waals surface area contributed by atoms with E-state index in [1.807, 2.05) is 0 Å². The molecular formula is C10H10N2O7. The molecule has 0 aliphatic carbocycles. The third-order valence-electron chi connectivity index (χ3n) is 3.06. The van der Waals surface area contributed by atoms with Gasteiger partial charge in [0.2, 0.25) is 0 Å². The fraction of sp³-hybridized carbons (Fsp3) is 0.500. The summed E-state index contributed by atoms with van der Waals surface area (Å²) in [7, 11) is 0. The van der Waals surface area contributed by atoms with Crippen LogP contribution in [0.25, 0.3) is 0 Å². The zero-order chi connectivity index (χ0) is 13.6. The Labute approximate surface area is 105 Å². The van der Waals surface area contributed by atoms with Crippen molar-refractivity contribution in [2.45, 2.75) is 24.5 Å². The molecule has 9 heteroatoms. The van der Waals surface area contributed by atoms with Crippen LogP contribution < -0.4 is 11.2 Å². The van der Waals surface area contributed by atoms with E-state index < -0.39 is 41.9 Å². The molecule has 2 aliphatic rings. The maximum atomic E-state index is 11.7. The first kappa shape index (κ1) is 11.9. The van der Waals surface area contributed by atoms with Crippen LogP contribution in [0.2, 0.25) is 0 Å². The van der Waals surface area contributed by atoms with E-state index in [0.29, 0.717) is 0 Å². The summed E-state index contributed by atoms with van der Waals surface area (Å²) in [5.41, 5.74) is -1.24. The predicted molar refractivity (Wildman–Crippen MR) is 57.5 cm³/mol. The first-order valence-corrected chi connectivity index (χ1v) is 5.55. The highest BCUT2D eigenvalue weighted by molar-refractivity contribution is 5.63. The van der Waals surface area contributed by atoms with Crippen LogP contribution in [0, 0.1) is 0 Å². The van der Waals surface area contributed by atoms with E-state index in [0.717, 1.165) is 10.6 Å². The summed E-state index contributed by atoms with van der Waals surface area (Å²) < 4.78 is 16.3. The van der Waals surface area contributed by atoms with Crippen molar-refractivity contribution >= 4 is 6.16 Å². The maximum absolute atomic E-state index is 11.7. The Morgan fingerprint density at radius 2 is 2.00 bits per heavy atom. The minimum absolute atomic E-state index is 0.383. The quantitative estimate of drug-likeness (QED) is 0.616. The van der Waals surface area contributed by atoms with Crippen LogP contribution in [0.1, 0.15) is 6.23 Å². The molecule has 2 fully saturated rings. The van der Waals surface area contributed by atoms with Gasteiger partial charge in [-0.15, -0.1) is 0 Å². The maximum Gasteiger partial charge on any atom is 0.509 e. The Kier molecular flexibility index (Phi) is 2.64. The Bertz CT molecular complexity index is 621. The normalized spacial score (nSPS) is 32.8. The van der Waals surface area contributed by atoms with E-state index in [1.54, 1.807) is 0 Å². The molecule has 4 atom stereocenters. The van der Waals surface area contributed by atoms with Gasteiger partial charge in [0.25, 0.3) is 5.56 Å².